The lowest BCUT2D eigenvalue weighted by atomic mass is 10.1. The van der Waals surface area contributed by atoms with E-state index in [1.807, 2.05) is 27.7 Å². The van der Waals surface area contributed by atoms with Gasteiger partial charge in [-0.15, -0.1) is 0 Å². The van der Waals surface area contributed by atoms with Gasteiger partial charge in [-0.3, -0.25) is 4.79 Å². The summed E-state index contributed by atoms with van der Waals surface area (Å²) in [4.78, 5) is 14.5. The summed E-state index contributed by atoms with van der Waals surface area (Å²) >= 11 is 0. The number of rotatable bonds is 7. The molecule has 0 bridgehead atoms. The Morgan fingerprint density at radius 3 is 2.00 bits per heavy atom. The lowest BCUT2D eigenvalue weighted by Crippen LogP contribution is -2.42. The molecule has 0 saturated carbocycles. The van der Waals surface area contributed by atoms with E-state index in [-0.39, 0.29) is 35.2 Å². The van der Waals surface area contributed by atoms with Crippen LogP contribution in [-0.2, 0) is 14.6 Å². The number of sulfone groups is 1. The number of amides is 1. The molecule has 0 saturated heterocycles. The molecule has 0 aliphatic carbocycles. The molecule has 1 amide bonds. The number of nitrogens with zero attached hydrogens (tertiary/aromatic N) is 1. The van der Waals surface area contributed by atoms with Crippen LogP contribution in [0.15, 0.2) is 29.2 Å². The van der Waals surface area contributed by atoms with E-state index >= 15 is 0 Å². The second-order valence-corrected chi connectivity index (χ2v) is 7.85. The quantitative estimate of drug-likeness (QED) is 0.771. The molecule has 1 aromatic rings. The van der Waals surface area contributed by atoms with Gasteiger partial charge in [0.15, 0.2) is 9.84 Å². The van der Waals surface area contributed by atoms with Crippen LogP contribution >= 0.6 is 0 Å². The molecule has 22 heavy (non-hydrogen) atoms. The van der Waals surface area contributed by atoms with E-state index in [4.69, 9.17) is 4.74 Å². The van der Waals surface area contributed by atoms with E-state index in [1.165, 1.54) is 19.2 Å². The van der Waals surface area contributed by atoms with E-state index in [1.54, 1.807) is 17.0 Å². The van der Waals surface area contributed by atoms with Gasteiger partial charge in [-0.05, 0) is 52.0 Å². The highest BCUT2D eigenvalue weighted by Gasteiger charge is 2.22. The molecule has 0 spiro atoms. The summed E-state index contributed by atoms with van der Waals surface area (Å²) in [5.41, 5.74) is 0.494. The summed E-state index contributed by atoms with van der Waals surface area (Å²) < 4.78 is 28.9. The first-order valence-corrected chi connectivity index (χ1v) is 9.00. The molecular formula is C16H25NO4S. The zero-order valence-corrected chi connectivity index (χ0v) is 14.7. The van der Waals surface area contributed by atoms with Crippen molar-refractivity contribution in [3.8, 4) is 0 Å². The Balaban J connectivity index is 3.00. The van der Waals surface area contributed by atoms with Crippen molar-refractivity contribution in [1.29, 1.82) is 0 Å². The SMILES string of the molecule is COCCS(=O)(=O)c1ccc(C(=O)N(C(C)C)C(C)C)cc1. The van der Waals surface area contributed by atoms with E-state index in [0.717, 1.165) is 0 Å². The molecule has 1 rings (SSSR count). The summed E-state index contributed by atoms with van der Waals surface area (Å²) in [7, 11) is -1.91. The fourth-order valence-corrected chi connectivity index (χ4v) is 3.50. The second kappa shape index (κ2) is 7.74. The Morgan fingerprint density at radius 2 is 1.59 bits per heavy atom. The maximum Gasteiger partial charge on any atom is 0.254 e. The van der Waals surface area contributed by atoms with Crippen LogP contribution in [0.25, 0.3) is 0 Å². The minimum atomic E-state index is -3.37. The van der Waals surface area contributed by atoms with Crippen molar-refractivity contribution >= 4 is 15.7 Å². The first kappa shape index (κ1) is 18.6. The van der Waals surface area contributed by atoms with Gasteiger partial charge in [-0.1, -0.05) is 0 Å². The van der Waals surface area contributed by atoms with E-state index in [0.29, 0.717) is 5.56 Å². The van der Waals surface area contributed by atoms with Crippen LogP contribution in [0.2, 0.25) is 0 Å². The topological polar surface area (TPSA) is 63.7 Å². The number of ether oxygens (including phenoxy) is 1. The zero-order valence-electron chi connectivity index (χ0n) is 13.9. The first-order chi connectivity index (χ1) is 10.2. The highest BCUT2D eigenvalue weighted by molar-refractivity contribution is 7.91. The number of hydrogen-bond acceptors (Lipinski definition) is 4. The maximum absolute atomic E-state index is 12.5. The van der Waals surface area contributed by atoms with Crippen molar-refractivity contribution in [1.82, 2.24) is 4.90 Å². The molecule has 0 aliphatic rings. The van der Waals surface area contributed by atoms with Crippen LogP contribution in [0.1, 0.15) is 38.1 Å². The number of carbonyl (C=O) groups is 1. The summed E-state index contributed by atoms with van der Waals surface area (Å²) in [6.45, 7) is 7.99. The molecule has 0 N–H and O–H groups in total. The van der Waals surface area contributed by atoms with Crippen molar-refractivity contribution in [3.63, 3.8) is 0 Å². The smallest absolute Gasteiger partial charge is 0.254 e. The fourth-order valence-electron chi connectivity index (χ4n) is 2.33. The molecule has 0 radical (unpaired) electrons. The van der Waals surface area contributed by atoms with Crippen molar-refractivity contribution < 1.29 is 17.9 Å². The minimum absolute atomic E-state index is 0.0685. The third-order valence-corrected chi connectivity index (χ3v) is 5.06. The van der Waals surface area contributed by atoms with Gasteiger partial charge in [0.05, 0.1) is 17.3 Å². The summed E-state index contributed by atoms with van der Waals surface area (Å²) in [6.07, 6.45) is 0. The zero-order chi connectivity index (χ0) is 16.9. The molecule has 0 atom stereocenters. The first-order valence-electron chi connectivity index (χ1n) is 7.35. The minimum Gasteiger partial charge on any atom is -0.384 e. The number of benzene rings is 1. The molecule has 6 heteroatoms. The Labute approximate surface area is 133 Å². The normalized spacial score (nSPS) is 12.0. The molecular weight excluding hydrogens is 302 g/mol. The highest BCUT2D eigenvalue weighted by atomic mass is 32.2. The maximum atomic E-state index is 12.5. The van der Waals surface area contributed by atoms with Crippen molar-refractivity contribution in [2.45, 2.75) is 44.7 Å². The van der Waals surface area contributed by atoms with E-state index in [2.05, 4.69) is 0 Å². The molecule has 0 unspecified atom stereocenters. The van der Waals surface area contributed by atoms with Gasteiger partial charge in [0, 0.05) is 24.8 Å². The van der Waals surface area contributed by atoms with Crippen molar-refractivity contribution in [2.75, 3.05) is 19.5 Å². The van der Waals surface area contributed by atoms with Crippen LogP contribution in [0, 0.1) is 0 Å². The number of hydrogen-bond donors (Lipinski definition) is 0. The van der Waals surface area contributed by atoms with Crippen molar-refractivity contribution in [2.24, 2.45) is 0 Å². The summed E-state index contributed by atoms with van der Waals surface area (Å²) in [5.74, 6) is -0.160. The lowest BCUT2D eigenvalue weighted by Gasteiger charge is -2.30. The molecule has 0 fully saturated rings. The van der Waals surface area contributed by atoms with Gasteiger partial charge < -0.3 is 9.64 Å². The molecule has 0 heterocycles. The van der Waals surface area contributed by atoms with Crippen molar-refractivity contribution in [3.05, 3.63) is 29.8 Å². The average Bonchev–Trinajstić information content (AvgIpc) is 2.44. The molecule has 1 aromatic carbocycles. The standard InChI is InChI=1S/C16H25NO4S/c1-12(2)17(13(3)4)16(18)14-6-8-15(9-7-14)22(19,20)11-10-21-5/h6-9,12-13H,10-11H2,1-5H3. The molecule has 124 valence electrons. The van der Waals surface area contributed by atoms with Gasteiger partial charge in [-0.25, -0.2) is 8.42 Å². The molecule has 0 aliphatic heterocycles. The predicted octanol–water partition coefficient (Wildman–Crippen LogP) is 2.37. The number of methoxy groups -OCH3 is 1. The number of carbonyl (C=O) groups excluding carboxylic acids is 1. The van der Waals surface area contributed by atoms with Crippen LogP contribution in [0.5, 0.6) is 0 Å². The van der Waals surface area contributed by atoms with Crippen LogP contribution in [0.4, 0.5) is 0 Å². The molecule has 0 aromatic heterocycles. The van der Waals surface area contributed by atoms with Gasteiger partial charge in [0.25, 0.3) is 5.91 Å². The molecule has 5 nitrogen and oxygen atoms in total. The predicted molar refractivity (Wildman–Crippen MR) is 86.8 cm³/mol. The van der Waals surface area contributed by atoms with E-state index < -0.39 is 9.84 Å². The monoisotopic (exact) mass is 327 g/mol. The summed E-state index contributed by atoms with van der Waals surface area (Å²) in [5, 5.41) is 0. The third-order valence-electron chi connectivity index (χ3n) is 3.36. The Bertz CT molecular complexity index is 583. The fraction of sp³-hybridized carbons (Fsp3) is 0.562. The third kappa shape index (κ3) is 4.55. The largest absolute Gasteiger partial charge is 0.384 e. The second-order valence-electron chi connectivity index (χ2n) is 5.74. The van der Waals surface area contributed by atoms with E-state index in [9.17, 15) is 13.2 Å². The van der Waals surface area contributed by atoms with Gasteiger partial charge in [0.1, 0.15) is 0 Å². The highest BCUT2D eigenvalue weighted by Crippen LogP contribution is 2.16. The van der Waals surface area contributed by atoms with Gasteiger partial charge in [0.2, 0.25) is 0 Å². The lowest BCUT2D eigenvalue weighted by molar-refractivity contribution is 0.0643. The van der Waals surface area contributed by atoms with Crippen LogP contribution in [0.3, 0.4) is 0 Å². The average molecular weight is 327 g/mol. The van der Waals surface area contributed by atoms with Crippen LogP contribution < -0.4 is 0 Å². The van der Waals surface area contributed by atoms with Gasteiger partial charge in [-0.2, -0.15) is 0 Å². The Hall–Kier alpha value is -1.40. The van der Waals surface area contributed by atoms with Gasteiger partial charge >= 0.3 is 0 Å². The summed E-state index contributed by atoms with van der Waals surface area (Å²) in [6, 6.07) is 6.27. The Kier molecular flexibility index (Phi) is 6.56. The van der Waals surface area contributed by atoms with Crippen LogP contribution in [-0.4, -0.2) is 50.8 Å². The Morgan fingerprint density at radius 1 is 1.09 bits per heavy atom.